The van der Waals surface area contributed by atoms with Crippen LogP contribution in [0.1, 0.15) is 38.0 Å². The highest BCUT2D eigenvalue weighted by molar-refractivity contribution is 7.14. The molecule has 0 saturated heterocycles. The number of amides is 1. The molecule has 0 radical (unpaired) electrons. The predicted molar refractivity (Wildman–Crippen MR) is 82.5 cm³/mol. The van der Waals surface area contributed by atoms with Crippen molar-refractivity contribution in [3.8, 4) is 0 Å². The number of hydrogen-bond acceptors (Lipinski definition) is 2. The normalized spacial score (nSPS) is 12.2. The van der Waals surface area contributed by atoms with E-state index in [1.807, 2.05) is 51.1 Å². The Bertz CT molecular complexity index is 584. The number of para-hydroxylation sites is 1. The third kappa shape index (κ3) is 3.17. The van der Waals surface area contributed by atoms with Crippen LogP contribution in [0, 0.1) is 13.8 Å². The summed E-state index contributed by atoms with van der Waals surface area (Å²) >= 11 is 7.63. The summed E-state index contributed by atoms with van der Waals surface area (Å²) in [7, 11) is 0. The molecule has 0 aliphatic carbocycles. The largest absolute Gasteiger partial charge is 0.321 e. The summed E-state index contributed by atoms with van der Waals surface area (Å²) in [5.41, 5.74) is 2.86. The van der Waals surface area contributed by atoms with Crippen molar-refractivity contribution in [1.29, 1.82) is 0 Å². The van der Waals surface area contributed by atoms with Crippen LogP contribution < -0.4 is 5.32 Å². The van der Waals surface area contributed by atoms with Gasteiger partial charge in [-0.3, -0.25) is 4.79 Å². The second kappa shape index (κ2) is 5.76. The summed E-state index contributed by atoms with van der Waals surface area (Å²) in [6, 6.07) is 9.53. The van der Waals surface area contributed by atoms with E-state index in [4.69, 9.17) is 11.6 Å². The number of aryl methyl sites for hydroxylation is 2. The summed E-state index contributed by atoms with van der Waals surface area (Å²) in [5, 5.41) is 2.80. The maximum Gasteiger partial charge on any atom is 0.265 e. The molecule has 1 unspecified atom stereocenters. The molecule has 1 amide bonds. The number of thiophene rings is 1. The second-order valence-electron chi connectivity index (χ2n) is 4.51. The monoisotopic (exact) mass is 293 g/mol. The van der Waals surface area contributed by atoms with Gasteiger partial charge < -0.3 is 5.32 Å². The van der Waals surface area contributed by atoms with Crippen LogP contribution >= 0.6 is 22.9 Å². The SMILES string of the molecule is Cc1cc(C(=O)Nc2ccccc2C(C)Cl)sc1C. The third-order valence-corrected chi connectivity index (χ3v) is 4.41. The zero-order valence-electron chi connectivity index (χ0n) is 11.2. The summed E-state index contributed by atoms with van der Waals surface area (Å²) in [5.74, 6) is -0.0778. The first-order valence-electron chi connectivity index (χ1n) is 6.10. The first kappa shape index (κ1) is 14.1. The van der Waals surface area contributed by atoms with Gasteiger partial charge >= 0.3 is 0 Å². The zero-order valence-corrected chi connectivity index (χ0v) is 12.7. The Kier molecular flexibility index (Phi) is 4.27. The van der Waals surface area contributed by atoms with Crippen LogP contribution in [0.4, 0.5) is 5.69 Å². The van der Waals surface area contributed by atoms with Crippen molar-refractivity contribution in [2.24, 2.45) is 0 Å². The molecule has 19 heavy (non-hydrogen) atoms. The maximum atomic E-state index is 12.2. The van der Waals surface area contributed by atoms with E-state index in [2.05, 4.69) is 5.32 Å². The lowest BCUT2D eigenvalue weighted by molar-refractivity contribution is 0.103. The van der Waals surface area contributed by atoms with Crippen LogP contribution in [0.25, 0.3) is 0 Å². The molecule has 0 aliphatic heterocycles. The van der Waals surface area contributed by atoms with Crippen LogP contribution in [-0.2, 0) is 0 Å². The molecule has 0 aliphatic rings. The lowest BCUT2D eigenvalue weighted by Crippen LogP contribution is -2.11. The fourth-order valence-corrected chi connectivity index (χ4v) is 2.95. The molecule has 2 nitrogen and oxygen atoms in total. The van der Waals surface area contributed by atoms with Gasteiger partial charge in [-0.25, -0.2) is 0 Å². The Balaban J connectivity index is 2.24. The van der Waals surface area contributed by atoms with E-state index in [0.717, 1.165) is 21.7 Å². The van der Waals surface area contributed by atoms with E-state index in [1.54, 1.807) is 0 Å². The molecule has 100 valence electrons. The number of nitrogens with one attached hydrogen (secondary N) is 1. The number of anilines is 1. The number of halogens is 1. The molecule has 0 fully saturated rings. The number of alkyl halides is 1. The van der Waals surface area contributed by atoms with E-state index in [-0.39, 0.29) is 11.3 Å². The van der Waals surface area contributed by atoms with Crippen molar-refractivity contribution < 1.29 is 4.79 Å². The van der Waals surface area contributed by atoms with Gasteiger partial charge in [0.2, 0.25) is 0 Å². The standard InChI is InChI=1S/C15H16ClNOS/c1-9-8-14(19-11(9)3)15(18)17-13-7-5-4-6-12(13)10(2)16/h4-8,10H,1-3H3,(H,17,18). The fourth-order valence-electron chi connectivity index (χ4n) is 1.83. The summed E-state index contributed by atoms with van der Waals surface area (Å²) < 4.78 is 0. The molecule has 0 bridgehead atoms. The van der Waals surface area contributed by atoms with Crippen molar-refractivity contribution in [2.75, 3.05) is 5.32 Å². The Morgan fingerprint density at radius 2 is 2.00 bits per heavy atom. The molecule has 1 N–H and O–H groups in total. The molecule has 1 aromatic carbocycles. The number of carbonyl (C=O) groups excluding carboxylic acids is 1. The molecule has 2 rings (SSSR count). The molecule has 1 aromatic heterocycles. The third-order valence-electron chi connectivity index (χ3n) is 3.03. The molecule has 0 spiro atoms. The van der Waals surface area contributed by atoms with Crippen molar-refractivity contribution in [2.45, 2.75) is 26.1 Å². The lowest BCUT2D eigenvalue weighted by Gasteiger charge is -2.11. The molecule has 1 atom stereocenters. The smallest absolute Gasteiger partial charge is 0.265 e. The highest BCUT2D eigenvalue weighted by Crippen LogP contribution is 2.28. The second-order valence-corrected chi connectivity index (χ2v) is 6.42. The minimum absolute atomic E-state index is 0.0778. The van der Waals surface area contributed by atoms with Gasteiger partial charge in [-0.1, -0.05) is 18.2 Å². The Hall–Kier alpha value is -1.32. The van der Waals surface area contributed by atoms with Gasteiger partial charge in [-0.15, -0.1) is 22.9 Å². The fraction of sp³-hybridized carbons (Fsp3) is 0.267. The minimum atomic E-state index is -0.136. The molecule has 1 heterocycles. The van der Waals surface area contributed by atoms with Gasteiger partial charge in [-0.05, 0) is 44.0 Å². The number of benzene rings is 1. The Morgan fingerprint density at radius 3 is 2.58 bits per heavy atom. The summed E-state index contributed by atoms with van der Waals surface area (Å²) in [6.07, 6.45) is 0. The molecular weight excluding hydrogens is 278 g/mol. The number of rotatable bonds is 3. The average Bonchev–Trinajstić information content (AvgIpc) is 2.70. The van der Waals surface area contributed by atoms with E-state index in [1.165, 1.54) is 16.2 Å². The van der Waals surface area contributed by atoms with Crippen molar-refractivity contribution in [3.05, 3.63) is 51.2 Å². The van der Waals surface area contributed by atoms with Crippen LogP contribution in [0.5, 0.6) is 0 Å². The van der Waals surface area contributed by atoms with Crippen molar-refractivity contribution in [3.63, 3.8) is 0 Å². The average molecular weight is 294 g/mol. The molecule has 0 saturated carbocycles. The van der Waals surface area contributed by atoms with E-state index in [9.17, 15) is 4.79 Å². The highest BCUT2D eigenvalue weighted by atomic mass is 35.5. The van der Waals surface area contributed by atoms with Gasteiger partial charge in [0.25, 0.3) is 5.91 Å². The molecule has 4 heteroatoms. The van der Waals surface area contributed by atoms with Crippen LogP contribution in [0.2, 0.25) is 0 Å². The molecule has 2 aromatic rings. The highest BCUT2D eigenvalue weighted by Gasteiger charge is 2.14. The van der Waals surface area contributed by atoms with E-state index in [0.29, 0.717) is 0 Å². The van der Waals surface area contributed by atoms with Gasteiger partial charge in [0.15, 0.2) is 0 Å². The summed E-state index contributed by atoms with van der Waals surface area (Å²) in [4.78, 5) is 14.1. The first-order valence-corrected chi connectivity index (χ1v) is 7.35. The Labute approximate surface area is 122 Å². The van der Waals surface area contributed by atoms with Gasteiger partial charge in [0.05, 0.1) is 10.3 Å². The van der Waals surface area contributed by atoms with Gasteiger partial charge in [0.1, 0.15) is 0 Å². The lowest BCUT2D eigenvalue weighted by atomic mass is 10.1. The predicted octanol–water partition coefficient (Wildman–Crippen LogP) is 4.92. The van der Waals surface area contributed by atoms with Crippen LogP contribution in [-0.4, -0.2) is 5.91 Å². The van der Waals surface area contributed by atoms with Crippen molar-refractivity contribution in [1.82, 2.24) is 0 Å². The topological polar surface area (TPSA) is 29.1 Å². The van der Waals surface area contributed by atoms with Crippen molar-refractivity contribution >= 4 is 34.5 Å². The molecular formula is C15H16ClNOS. The minimum Gasteiger partial charge on any atom is -0.321 e. The number of carbonyl (C=O) groups is 1. The maximum absolute atomic E-state index is 12.2. The van der Waals surface area contributed by atoms with Gasteiger partial charge in [-0.2, -0.15) is 0 Å². The zero-order chi connectivity index (χ0) is 14.0. The van der Waals surface area contributed by atoms with Crippen LogP contribution in [0.3, 0.4) is 0 Å². The quantitative estimate of drug-likeness (QED) is 0.800. The van der Waals surface area contributed by atoms with E-state index >= 15 is 0 Å². The van der Waals surface area contributed by atoms with Gasteiger partial charge in [0, 0.05) is 10.6 Å². The van der Waals surface area contributed by atoms with E-state index < -0.39 is 0 Å². The number of hydrogen-bond donors (Lipinski definition) is 1. The first-order chi connectivity index (χ1) is 8.99. The van der Waals surface area contributed by atoms with Crippen LogP contribution in [0.15, 0.2) is 30.3 Å². The Morgan fingerprint density at radius 1 is 1.32 bits per heavy atom. The summed E-state index contributed by atoms with van der Waals surface area (Å²) in [6.45, 7) is 5.93.